The number of aromatic nitrogens is 4. The summed E-state index contributed by atoms with van der Waals surface area (Å²) in [6.45, 7) is -0.274. The molecule has 3 atom stereocenters. The fourth-order valence-electron chi connectivity index (χ4n) is 2.53. The van der Waals surface area contributed by atoms with Crippen LogP contribution in [0.15, 0.2) is 4.79 Å². The first-order valence-corrected chi connectivity index (χ1v) is 6.78. The first-order chi connectivity index (χ1) is 10.1. The van der Waals surface area contributed by atoms with Crippen molar-refractivity contribution in [2.24, 2.45) is 0 Å². The van der Waals surface area contributed by atoms with E-state index in [1.807, 2.05) is 0 Å². The molecule has 9 heteroatoms. The van der Waals surface area contributed by atoms with Crippen molar-refractivity contribution in [2.75, 3.05) is 12.3 Å². The van der Waals surface area contributed by atoms with Crippen LogP contribution in [0.1, 0.15) is 31.2 Å². The number of nitrogen functional groups attached to an aromatic ring is 1. The summed E-state index contributed by atoms with van der Waals surface area (Å²) in [5.74, 6) is 0.442. The third-order valence-electron chi connectivity index (χ3n) is 3.62. The minimum atomic E-state index is -0.707. The van der Waals surface area contributed by atoms with Gasteiger partial charge in [-0.15, -0.1) is 0 Å². The van der Waals surface area contributed by atoms with Crippen LogP contribution in [0.3, 0.4) is 0 Å². The van der Waals surface area contributed by atoms with Gasteiger partial charge < -0.3 is 25.7 Å². The molecule has 1 aliphatic rings. The average molecular weight is 295 g/mol. The van der Waals surface area contributed by atoms with Crippen molar-refractivity contribution in [3.8, 4) is 0 Å². The smallest absolute Gasteiger partial charge is 0.278 e. The normalized spacial score (nSPS) is 26.9. The van der Waals surface area contributed by atoms with Crippen LogP contribution in [0.2, 0.25) is 0 Å². The molecule has 0 aromatic carbocycles. The topological polar surface area (TPSA) is 150 Å². The summed E-state index contributed by atoms with van der Waals surface area (Å²) >= 11 is 0. The zero-order valence-electron chi connectivity index (χ0n) is 11.2. The highest BCUT2D eigenvalue weighted by Gasteiger charge is 2.29. The van der Waals surface area contributed by atoms with E-state index in [9.17, 15) is 15.0 Å². The summed E-state index contributed by atoms with van der Waals surface area (Å²) in [4.78, 5) is 25.2. The molecule has 2 aromatic rings. The van der Waals surface area contributed by atoms with Crippen LogP contribution in [0.5, 0.6) is 0 Å². The number of imidazole rings is 1. The Labute approximate surface area is 119 Å². The molecule has 3 rings (SSSR count). The van der Waals surface area contributed by atoms with E-state index in [-0.39, 0.29) is 23.7 Å². The van der Waals surface area contributed by atoms with Gasteiger partial charge in [0.1, 0.15) is 18.0 Å². The fourth-order valence-corrected chi connectivity index (χ4v) is 2.53. The van der Waals surface area contributed by atoms with E-state index in [2.05, 4.69) is 19.9 Å². The number of nitrogens with two attached hydrogens (primary N) is 1. The highest BCUT2D eigenvalue weighted by Crippen LogP contribution is 2.29. The van der Waals surface area contributed by atoms with Crippen LogP contribution in [-0.2, 0) is 4.74 Å². The summed E-state index contributed by atoms with van der Waals surface area (Å²) in [6.07, 6.45) is 0.0949. The zero-order chi connectivity index (χ0) is 15.0. The number of anilines is 1. The van der Waals surface area contributed by atoms with Gasteiger partial charge in [0.25, 0.3) is 5.56 Å². The molecule has 0 saturated carbocycles. The van der Waals surface area contributed by atoms with Crippen molar-refractivity contribution in [3.05, 3.63) is 16.2 Å². The lowest BCUT2D eigenvalue weighted by molar-refractivity contribution is -0.0902. The van der Waals surface area contributed by atoms with Gasteiger partial charge in [0.2, 0.25) is 5.95 Å². The maximum Gasteiger partial charge on any atom is 0.278 e. The largest absolute Gasteiger partial charge is 0.394 e. The number of nitrogens with zero attached hydrogens (tertiary/aromatic N) is 2. The third kappa shape index (κ3) is 2.62. The SMILES string of the molecule is Nc1nc2nc([C@H]3CCC[C@H](O)[C@@H](CO)O3)[nH]c2c(=O)[nH]1. The molecule has 3 heterocycles. The van der Waals surface area contributed by atoms with E-state index < -0.39 is 23.9 Å². The van der Waals surface area contributed by atoms with Crippen LogP contribution >= 0.6 is 0 Å². The number of rotatable bonds is 2. The Morgan fingerprint density at radius 3 is 2.90 bits per heavy atom. The Bertz CT molecular complexity index is 697. The van der Waals surface area contributed by atoms with Crippen LogP contribution in [0.4, 0.5) is 5.95 Å². The van der Waals surface area contributed by atoms with Gasteiger partial charge in [-0.3, -0.25) is 9.78 Å². The van der Waals surface area contributed by atoms with Crippen molar-refractivity contribution in [1.82, 2.24) is 19.9 Å². The third-order valence-corrected chi connectivity index (χ3v) is 3.62. The van der Waals surface area contributed by atoms with E-state index in [0.717, 1.165) is 6.42 Å². The number of ether oxygens (including phenoxy) is 1. The zero-order valence-corrected chi connectivity index (χ0v) is 11.2. The van der Waals surface area contributed by atoms with Crippen molar-refractivity contribution in [1.29, 1.82) is 0 Å². The van der Waals surface area contributed by atoms with Crippen LogP contribution in [0.25, 0.3) is 11.2 Å². The van der Waals surface area contributed by atoms with Gasteiger partial charge in [-0.2, -0.15) is 4.98 Å². The Kier molecular flexibility index (Phi) is 3.62. The molecule has 0 aliphatic carbocycles. The quantitative estimate of drug-likeness (QED) is 0.486. The number of nitrogens with one attached hydrogen (secondary N) is 2. The molecule has 2 aromatic heterocycles. The molecule has 0 radical (unpaired) electrons. The molecule has 0 unspecified atom stereocenters. The highest BCUT2D eigenvalue weighted by atomic mass is 16.5. The van der Waals surface area contributed by atoms with Crippen LogP contribution in [-0.4, -0.2) is 49.0 Å². The highest BCUT2D eigenvalue weighted by molar-refractivity contribution is 5.70. The lowest BCUT2D eigenvalue weighted by atomic mass is 10.1. The second-order valence-electron chi connectivity index (χ2n) is 5.12. The average Bonchev–Trinajstić information content (AvgIpc) is 2.77. The summed E-state index contributed by atoms with van der Waals surface area (Å²) in [7, 11) is 0. The number of aromatic amines is 2. The Hall–Kier alpha value is -1.97. The molecule has 1 aliphatic heterocycles. The van der Waals surface area contributed by atoms with Crippen molar-refractivity contribution in [3.63, 3.8) is 0 Å². The Morgan fingerprint density at radius 1 is 1.33 bits per heavy atom. The van der Waals surface area contributed by atoms with Crippen LogP contribution < -0.4 is 11.3 Å². The molecule has 1 fully saturated rings. The van der Waals surface area contributed by atoms with E-state index in [1.54, 1.807) is 0 Å². The van der Waals surface area contributed by atoms with Crippen molar-refractivity contribution in [2.45, 2.75) is 37.6 Å². The van der Waals surface area contributed by atoms with Gasteiger partial charge in [-0.25, -0.2) is 4.98 Å². The number of hydrogen-bond donors (Lipinski definition) is 5. The minimum Gasteiger partial charge on any atom is -0.394 e. The fraction of sp³-hybridized carbons (Fsp3) is 0.583. The second-order valence-corrected chi connectivity index (χ2v) is 5.12. The van der Waals surface area contributed by atoms with E-state index >= 15 is 0 Å². The lowest BCUT2D eigenvalue weighted by Crippen LogP contribution is -2.31. The van der Waals surface area contributed by atoms with Gasteiger partial charge in [0.05, 0.1) is 12.7 Å². The first-order valence-electron chi connectivity index (χ1n) is 6.78. The lowest BCUT2D eigenvalue weighted by Gasteiger charge is -2.21. The molecular formula is C12H17N5O4. The Balaban J connectivity index is 1.96. The molecule has 21 heavy (non-hydrogen) atoms. The molecular weight excluding hydrogens is 278 g/mol. The maximum atomic E-state index is 11.8. The number of fused-ring (bicyclic) bond motifs is 1. The summed E-state index contributed by atoms with van der Waals surface area (Å²) in [5, 5.41) is 19.1. The van der Waals surface area contributed by atoms with Gasteiger partial charge in [-0.1, -0.05) is 0 Å². The van der Waals surface area contributed by atoms with Gasteiger partial charge in [0, 0.05) is 0 Å². The molecule has 114 valence electrons. The predicted molar refractivity (Wildman–Crippen MR) is 73.5 cm³/mol. The van der Waals surface area contributed by atoms with E-state index in [1.165, 1.54) is 0 Å². The number of aliphatic hydroxyl groups is 2. The van der Waals surface area contributed by atoms with E-state index in [4.69, 9.17) is 10.5 Å². The predicted octanol–water partition coefficient (Wildman–Crippen LogP) is -0.808. The van der Waals surface area contributed by atoms with Gasteiger partial charge in [0.15, 0.2) is 11.2 Å². The molecule has 0 amide bonds. The molecule has 1 saturated heterocycles. The molecule has 9 nitrogen and oxygen atoms in total. The first kappa shape index (κ1) is 14.0. The summed E-state index contributed by atoms with van der Waals surface area (Å²) in [5.41, 5.74) is 5.53. The van der Waals surface area contributed by atoms with Crippen molar-refractivity contribution >= 4 is 17.1 Å². The standard InChI is InChI=1S/C12H17N5O4/c13-12-16-10-8(11(20)17-12)14-9(15-10)6-3-1-2-5(19)7(4-18)21-6/h5-7,18-19H,1-4H2,(H4,13,14,15,16,17,20)/t5-,6+,7+/m0/s1. The minimum absolute atomic E-state index is 0.00371. The molecule has 0 bridgehead atoms. The van der Waals surface area contributed by atoms with Gasteiger partial charge >= 0.3 is 0 Å². The van der Waals surface area contributed by atoms with Gasteiger partial charge in [-0.05, 0) is 19.3 Å². The second kappa shape index (κ2) is 5.43. The Morgan fingerprint density at radius 2 is 2.14 bits per heavy atom. The monoisotopic (exact) mass is 295 g/mol. The maximum absolute atomic E-state index is 11.8. The molecule has 0 spiro atoms. The van der Waals surface area contributed by atoms with Crippen molar-refractivity contribution < 1.29 is 14.9 Å². The number of hydrogen-bond acceptors (Lipinski definition) is 7. The molecule has 6 N–H and O–H groups in total. The van der Waals surface area contributed by atoms with Crippen LogP contribution in [0, 0.1) is 0 Å². The number of H-pyrrole nitrogens is 2. The number of aliphatic hydroxyl groups excluding tert-OH is 2. The summed E-state index contributed by atoms with van der Waals surface area (Å²) in [6, 6.07) is 0. The summed E-state index contributed by atoms with van der Waals surface area (Å²) < 4.78 is 5.69. The van der Waals surface area contributed by atoms with E-state index in [0.29, 0.717) is 18.7 Å².